The van der Waals surface area contributed by atoms with E-state index in [1.54, 1.807) is 0 Å². The van der Waals surface area contributed by atoms with Crippen LogP contribution in [0.25, 0.3) is 0 Å². The van der Waals surface area contributed by atoms with Crippen molar-refractivity contribution in [3.8, 4) is 0 Å². The summed E-state index contributed by atoms with van der Waals surface area (Å²) in [6.07, 6.45) is 4.30. The Hall–Kier alpha value is -1.84. The van der Waals surface area contributed by atoms with E-state index in [-0.39, 0.29) is 23.9 Å². The Labute approximate surface area is 154 Å². The number of rotatable bonds is 5. The van der Waals surface area contributed by atoms with Gasteiger partial charge in [0.25, 0.3) is 0 Å². The fraction of sp³-hybridized carbons (Fsp3) is 0.381. The van der Waals surface area contributed by atoms with Crippen LogP contribution in [0.3, 0.4) is 0 Å². The van der Waals surface area contributed by atoms with Crippen molar-refractivity contribution in [1.82, 2.24) is 5.32 Å². The van der Waals surface area contributed by atoms with E-state index in [9.17, 15) is 4.79 Å². The molecule has 1 saturated carbocycles. The molecule has 1 aliphatic rings. The lowest BCUT2D eigenvalue weighted by atomic mass is 9.87. The van der Waals surface area contributed by atoms with Gasteiger partial charge in [-0.05, 0) is 42.9 Å². The van der Waals surface area contributed by atoms with E-state index < -0.39 is 0 Å². The largest absolute Gasteiger partial charge is 0.353 e. The van der Waals surface area contributed by atoms with Gasteiger partial charge in [-0.15, -0.1) is 0 Å². The summed E-state index contributed by atoms with van der Waals surface area (Å²) in [5.74, 6) is 0.0370. The second kappa shape index (κ2) is 8.50. The summed E-state index contributed by atoms with van der Waals surface area (Å²) in [4.78, 5) is 12.7. The number of carbonyl (C=O) groups is 1. The molecule has 2 aromatic rings. The van der Waals surface area contributed by atoms with Gasteiger partial charge in [0.05, 0.1) is 0 Å². The number of halogens is 1. The summed E-state index contributed by atoms with van der Waals surface area (Å²) in [7, 11) is 0. The molecule has 1 atom stereocenters. The molecule has 0 aromatic heterocycles. The third-order valence-electron chi connectivity index (χ3n) is 5.01. The number of hydrogen-bond acceptors (Lipinski definition) is 2. The second-order valence-electron chi connectivity index (χ2n) is 6.87. The normalized spacial score (nSPS) is 21.5. The van der Waals surface area contributed by atoms with Crippen LogP contribution in [0.1, 0.15) is 49.1 Å². The summed E-state index contributed by atoms with van der Waals surface area (Å²) < 4.78 is 0. The van der Waals surface area contributed by atoms with Gasteiger partial charge < -0.3 is 11.1 Å². The lowest BCUT2D eigenvalue weighted by Gasteiger charge is -2.27. The summed E-state index contributed by atoms with van der Waals surface area (Å²) in [6, 6.07) is 18.4. The molecule has 4 heteroatoms. The van der Waals surface area contributed by atoms with Crippen LogP contribution in [0.2, 0.25) is 5.02 Å². The van der Waals surface area contributed by atoms with Gasteiger partial charge in [0.1, 0.15) is 0 Å². The molecule has 1 fully saturated rings. The van der Waals surface area contributed by atoms with Crippen molar-refractivity contribution < 1.29 is 4.79 Å². The van der Waals surface area contributed by atoms with Gasteiger partial charge in [0.2, 0.25) is 5.91 Å². The van der Waals surface area contributed by atoms with Crippen molar-refractivity contribution in [1.29, 1.82) is 0 Å². The van der Waals surface area contributed by atoms with Crippen LogP contribution in [-0.4, -0.2) is 18.0 Å². The number of amides is 1. The van der Waals surface area contributed by atoms with Crippen molar-refractivity contribution >= 4 is 17.5 Å². The lowest BCUT2D eigenvalue weighted by Crippen LogP contribution is -2.40. The smallest absolute Gasteiger partial charge is 0.221 e. The van der Waals surface area contributed by atoms with Gasteiger partial charge in [-0.1, -0.05) is 60.1 Å². The molecular formula is C21H25ClN2O. The maximum Gasteiger partial charge on any atom is 0.221 e. The molecule has 1 aliphatic carbocycles. The first-order valence-electron chi connectivity index (χ1n) is 8.98. The Morgan fingerprint density at radius 3 is 2.36 bits per heavy atom. The van der Waals surface area contributed by atoms with Crippen molar-refractivity contribution in [3.05, 3.63) is 70.7 Å². The highest BCUT2D eigenvalue weighted by Crippen LogP contribution is 2.33. The monoisotopic (exact) mass is 356 g/mol. The highest BCUT2D eigenvalue weighted by Gasteiger charge is 2.24. The molecule has 3 nitrogen and oxygen atoms in total. The molecule has 0 heterocycles. The predicted octanol–water partition coefficient (Wildman–Crippen LogP) is 4.25. The van der Waals surface area contributed by atoms with Crippen LogP contribution >= 0.6 is 11.6 Å². The minimum absolute atomic E-state index is 0.0410. The van der Waals surface area contributed by atoms with Gasteiger partial charge in [-0.3, -0.25) is 4.79 Å². The van der Waals surface area contributed by atoms with Crippen LogP contribution in [0, 0.1) is 0 Å². The predicted molar refractivity (Wildman–Crippen MR) is 103 cm³/mol. The first kappa shape index (κ1) is 18.0. The van der Waals surface area contributed by atoms with Gasteiger partial charge in [0, 0.05) is 29.4 Å². The average Bonchev–Trinajstić information content (AvgIpc) is 2.63. The average molecular weight is 357 g/mol. The van der Waals surface area contributed by atoms with Crippen molar-refractivity contribution in [3.63, 3.8) is 0 Å². The second-order valence-corrected chi connectivity index (χ2v) is 7.28. The SMILES string of the molecule is NC1CCC(NC(=O)CC(c2ccccc2)c2ccccc2Cl)CC1. The molecule has 25 heavy (non-hydrogen) atoms. The quantitative estimate of drug-likeness (QED) is 0.841. The van der Waals surface area contributed by atoms with Gasteiger partial charge in [-0.25, -0.2) is 0 Å². The van der Waals surface area contributed by atoms with Crippen molar-refractivity contribution in [2.75, 3.05) is 0 Å². The Balaban J connectivity index is 1.74. The molecule has 0 spiro atoms. The maximum atomic E-state index is 12.7. The van der Waals surface area contributed by atoms with Crippen LogP contribution in [-0.2, 0) is 4.79 Å². The molecule has 2 aromatic carbocycles. The van der Waals surface area contributed by atoms with Crippen molar-refractivity contribution in [2.24, 2.45) is 5.73 Å². The van der Waals surface area contributed by atoms with E-state index in [4.69, 9.17) is 17.3 Å². The van der Waals surface area contributed by atoms with Crippen LogP contribution in [0.4, 0.5) is 0 Å². The number of nitrogens with two attached hydrogens (primary N) is 1. The fourth-order valence-electron chi connectivity index (χ4n) is 3.59. The van der Waals surface area contributed by atoms with E-state index in [1.807, 2.05) is 42.5 Å². The molecule has 1 unspecified atom stereocenters. The molecule has 0 radical (unpaired) electrons. The van der Waals surface area contributed by atoms with Crippen molar-refractivity contribution in [2.45, 2.75) is 50.1 Å². The van der Waals surface area contributed by atoms with Gasteiger partial charge >= 0.3 is 0 Å². The standard InChI is InChI=1S/C21H25ClN2O/c22-20-9-5-4-8-18(20)19(15-6-2-1-3-7-15)14-21(25)24-17-12-10-16(23)11-13-17/h1-9,16-17,19H,10-14,23H2,(H,24,25). The molecule has 3 rings (SSSR count). The van der Waals surface area contributed by atoms with Crippen LogP contribution < -0.4 is 11.1 Å². The van der Waals surface area contributed by atoms with Crippen LogP contribution in [0.5, 0.6) is 0 Å². The van der Waals surface area contributed by atoms with E-state index in [0.29, 0.717) is 11.4 Å². The highest BCUT2D eigenvalue weighted by molar-refractivity contribution is 6.31. The molecule has 132 valence electrons. The number of nitrogens with one attached hydrogen (secondary N) is 1. The van der Waals surface area contributed by atoms with E-state index in [1.165, 1.54) is 0 Å². The molecule has 0 aliphatic heterocycles. The molecule has 3 N–H and O–H groups in total. The summed E-state index contributed by atoms with van der Waals surface area (Å²) in [6.45, 7) is 0. The van der Waals surface area contributed by atoms with E-state index in [2.05, 4.69) is 17.4 Å². The Morgan fingerprint density at radius 2 is 1.68 bits per heavy atom. The van der Waals surface area contributed by atoms with Gasteiger partial charge in [0.15, 0.2) is 0 Å². The first-order chi connectivity index (χ1) is 12.1. The minimum atomic E-state index is -0.0410. The highest BCUT2D eigenvalue weighted by atomic mass is 35.5. The maximum absolute atomic E-state index is 12.7. The van der Waals surface area contributed by atoms with Crippen LogP contribution in [0.15, 0.2) is 54.6 Å². The third-order valence-corrected chi connectivity index (χ3v) is 5.35. The molecule has 0 saturated heterocycles. The number of hydrogen-bond donors (Lipinski definition) is 2. The molecule has 1 amide bonds. The Morgan fingerprint density at radius 1 is 1.04 bits per heavy atom. The number of carbonyl (C=O) groups excluding carboxylic acids is 1. The summed E-state index contributed by atoms with van der Waals surface area (Å²) >= 11 is 6.41. The zero-order valence-electron chi connectivity index (χ0n) is 14.3. The van der Waals surface area contributed by atoms with Gasteiger partial charge in [-0.2, -0.15) is 0 Å². The topological polar surface area (TPSA) is 55.1 Å². The molecule has 0 bridgehead atoms. The lowest BCUT2D eigenvalue weighted by molar-refractivity contribution is -0.122. The zero-order chi connectivity index (χ0) is 17.6. The fourth-order valence-corrected chi connectivity index (χ4v) is 3.85. The van der Waals surface area contributed by atoms with E-state index in [0.717, 1.165) is 36.8 Å². The van der Waals surface area contributed by atoms with E-state index >= 15 is 0 Å². The Kier molecular flexibility index (Phi) is 6.11. The summed E-state index contributed by atoms with van der Waals surface area (Å²) in [5.41, 5.74) is 8.05. The summed E-state index contributed by atoms with van der Waals surface area (Å²) in [5, 5.41) is 3.89. The first-order valence-corrected chi connectivity index (χ1v) is 9.35. The Bertz CT molecular complexity index is 696. The molecular weight excluding hydrogens is 332 g/mol. The third kappa shape index (κ3) is 4.83. The zero-order valence-corrected chi connectivity index (χ0v) is 15.1. The minimum Gasteiger partial charge on any atom is -0.353 e. The number of benzene rings is 2.